The van der Waals surface area contributed by atoms with Crippen molar-refractivity contribution >= 4 is 33.0 Å². The Kier molecular flexibility index (Phi) is 6.35. The molecule has 0 radical (unpaired) electrons. The number of carbonyl (C=O) groups excluding carboxylic acids is 1. The fourth-order valence-electron chi connectivity index (χ4n) is 2.30. The van der Waals surface area contributed by atoms with Crippen molar-refractivity contribution in [1.29, 1.82) is 0 Å². The summed E-state index contributed by atoms with van der Waals surface area (Å²) in [5.41, 5.74) is 0.323. The first-order valence-electron chi connectivity index (χ1n) is 7.95. The molecule has 0 saturated carbocycles. The summed E-state index contributed by atoms with van der Waals surface area (Å²) < 4.78 is 30.5. The van der Waals surface area contributed by atoms with E-state index in [9.17, 15) is 23.3 Å². The van der Waals surface area contributed by atoms with Crippen LogP contribution in [0.4, 0.5) is 17.1 Å². The van der Waals surface area contributed by atoms with E-state index in [1.165, 1.54) is 36.4 Å². The van der Waals surface area contributed by atoms with E-state index in [1.54, 1.807) is 12.1 Å². The minimum Gasteiger partial charge on any atom is -0.494 e. The van der Waals surface area contributed by atoms with Crippen molar-refractivity contribution in [1.82, 2.24) is 0 Å². The molecular weight excluding hydrogens is 374 g/mol. The van der Waals surface area contributed by atoms with Crippen LogP contribution in [0.15, 0.2) is 48.5 Å². The zero-order valence-electron chi connectivity index (χ0n) is 14.8. The van der Waals surface area contributed by atoms with Crippen LogP contribution in [-0.2, 0) is 14.8 Å². The molecule has 0 fully saturated rings. The minimum atomic E-state index is -3.73. The Balaban J connectivity index is 2.17. The largest absolute Gasteiger partial charge is 0.494 e. The van der Waals surface area contributed by atoms with E-state index in [-0.39, 0.29) is 11.4 Å². The molecular formula is C17H19N3O6S. The number of anilines is 2. The Morgan fingerprint density at radius 1 is 1.22 bits per heavy atom. The minimum absolute atomic E-state index is 0.181. The van der Waals surface area contributed by atoms with Crippen molar-refractivity contribution in [3.63, 3.8) is 0 Å². The molecule has 2 aromatic carbocycles. The highest BCUT2D eigenvalue weighted by Gasteiger charge is 2.21. The highest BCUT2D eigenvalue weighted by Crippen LogP contribution is 2.22. The molecule has 9 nitrogen and oxygen atoms in total. The zero-order valence-corrected chi connectivity index (χ0v) is 15.6. The number of hydrogen-bond donors (Lipinski definition) is 1. The number of nitro groups is 1. The van der Waals surface area contributed by atoms with E-state index in [0.717, 1.165) is 10.6 Å². The number of nitro benzene ring substituents is 1. The monoisotopic (exact) mass is 393 g/mol. The second-order valence-electron chi connectivity index (χ2n) is 5.55. The predicted octanol–water partition coefficient (Wildman–Crippen LogP) is 2.40. The van der Waals surface area contributed by atoms with Gasteiger partial charge >= 0.3 is 0 Å². The molecule has 0 aliphatic carbocycles. The van der Waals surface area contributed by atoms with Gasteiger partial charge in [0.25, 0.3) is 5.69 Å². The van der Waals surface area contributed by atoms with Crippen molar-refractivity contribution in [2.45, 2.75) is 6.92 Å². The molecule has 144 valence electrons. The van der Waals surface area contributed by atoms with E-state index >= 15 is 0 Å². The van der Waals surface area contributed by atoms with Crippen molar-refractivity contribution in [2.75, 3.05) is 29.0 Å². The number of non-ortho nitro benzene ring substituents is 1. The highest BCUT2D eigenvalue weighted by molar-refractivity contribution is 7.92. The first-order valence-corrected chi connectivity index (χ1v) is 9.80. The summed E-state index contributed by atoms with van der Waals surface area (Å²) in [6.45, 7) is 1.82. The van der Waals surface area contributed by atoms with Crippen LogP contribution in [0.5, 0.6) is 5.75 Å². The molecule has 0 aromatic heterocycles. The van der Waals surface area contributed by atoms with E-state index in [1.807, 2.05) is 6.92 Å². The van der Waals surface area contributed by atoms with Crippen molar-refractivity contribution in [3.8, 4) is 5.75 Å². The van der Waals surface area contributed by atoms with E-state index in [4.69, 9.17) is 4.74 Å². The van der Waals surface area contributed by atoms with Crippen LogP contribution in [-0.4, -0.2) is 38.7 Å². The summed E-state index contributed by atoms with van der Waals surface area (Å²) in [5, 5.41) is 13.3. The molecule has 0 atom stereocenters. The SMILES string of the molecule is CCOc1ccc(N(CC(=O)Nc2cccc([N+](=O)[O-])c2)S(C)(=O)=O)cc1. The number of nitrogens with zero attached hydrogens (tertiary/aromatic N) is 2. The molecule has 2 aromatic rings. The number of hydrogen-bond acceptors (Lipinski definition) is 6. The lowest BCUT2D eigenvalue weighted by molar-refractivity contribution is -0.384. The van der Waals surface area contributed by atoms with Crippen molar-refractivity contribution in [3.05, 3.63) is 58.6 Å². The topological polar surface area (TPSA) is 119 Å². The van der Waals surface area contributed by atoms with Crippen LogP contribution in [0.25, 0.3) is 0 Å². The fraction of sp³-hybridized carbons (Fsp3) is 0.235. The average Bonchev–Trinajstić information content (AvgIpc) is 2.60. The van der Waals surface area contributed by atoms with E-state index in [0.29, 0.717) is 18.0 Å². The van der Waals surface area contributed by atoms with E-state index in [2.05, 4.69) is 5.32 Å². The lowest BCUT2D eigenvalue weighted by Crippen LogP contribution is -2.37. The van der Waals surface area contributed by atoms with Crippen LogP contribution in [0.2, 0.25) is 0 Å². The molecule has 0 unspecified atom stereocenters. The number of rotatable bonds is 8. The van der Waals surface area contributed by atoms with E-state index < -0.39 is 27.4 Å². The van der Waals surface area contributed by atoms with Crippen molar-refractivity contribution in [2.24, 2.45) is 0 Å². The number of benzene rings is 2. The van der Waals surface area contributed by atoms with Gasteiger partial charge in [0.1, 0.15) is 12.3 Å². The third-order valence-electron chi connectivity index (χ3n) is 3.46. The quantitative estimate of drug-likeness (QED) is 0.543. The van der Waals surface area contributed by atoms with Gasteiger partial charge in [0.05, 0.1) is 23.5 Å². The normalized spacial score (nSPS) is 10.9. The summed E-state index contributed by atoms with van der Waals surface area (Å²) in [6.07, 6.45) is 0.990. The lowest BCUT2D eigenvalue weighted by atomic mass is 10.2. The van der Waals surface area contributed by atoms with Gasteiger partial charge in [-0.25, -0.2) is 8.42 Å². The number of carbonyl (C=O) groups is 1. The predicted molar refractivity (Wildman–Crippen MR) is 102 cm³/mol. The molecule has 27 heavy (non-hydrogen) atoms. The van der Waals surface area contributed by atoms with Crippen LogP contribution < -0.4 is 14.4 Å². The van der Waals surface area contributed by atoms with Gasteiger partial charge in [-0.1, -0.05) is 6.07 Å². The average molecular weight is 393 g/mol. The Morgan fingerprint density at radius 2 is 1.89 bits per heavy atom. The number of nitrogens with one attached hydrogen (secondary N) is 1. The molecule has 10 heteroatoms. The Hall–Kier alpha value is -3.14. The summed E-state index contributed by atoms with van der Waals surface area (Å²) in [4.78, 5) is 22.5. The molecule has 0 spiro atoms. The van der Waals surface area contributed by atoms with Gasteiger partial charge in [-0.15, -0.1) is 0 Å². The molecule has 0 saturated heterocycles. The second kappa shape index (κ2) is 8.49. The van der Waals surface area contributed by atoms with Crippen LogP contribution in [0.3, 0.4) is 0 Å². The summed E-state index contributed by atoms with van der Waals surface area (Å²) in [7, 11) is -3.73. The maximum Gasteiger partial charge on any atom is 0.271 e. The third kappa shape index (κ3) is 5.68. The van der Waals surface area contributed by atoms with Gasteiger partial charge < -0.3 is 10.1 Å². The molecule has 1 amide bonds. The molecule has 0 aliphatic heterocycles. The number of sulfonamides is 1. The zero-order chi connectivity index (χ0) is 20.0. The summed E-state index contributed by atoms with van der Waals surface area (Å²) in [6, 6.07) is 11.7. The first-order chi connectivity index (χ1) is 12.7. The lowest BCUT2D eigenvalue weighted by Gasteiger charge is -2.22. The summed E-state index contributed by atoms with van der Waals surface area (Å²) in [5.74, 6) is -0.0504. The van der Waals surface area contributed by atoms with Crippen molar-refractivity contribution < 1.29 is 22.9 Å². The summed E-state index contributed by atoms with van der Waals surface area (Å²) >= 11 is 0. The molecule has 0 heterocycles. The maximum absolute atomic E-state index is 12.3. The van der Waals surface area contributed by atoms with Crippen LogP contribution in [0.1, 0.15) is 6.92 Å². The molecule has 1 N–H and O–H groups in total. The van der Waals surface area contributed by atoms with Crippen LogP contribution >= 0.6 is 0 Å². The van der Waals surface area contributed by atoms with Gasteiger partial charge in [0.15, 0.2) is 0 Å². The molecule has 0 bridgehead atoms. The number of ether oxygens (including phenoxy) is 1. The molecule has 0 aliphatic rings. The first kappa shape index (κ1) is 20.2. The smallest absolute Gasteiger partial charge is 0.271 e. The fourth-order valence-corrected chi connectivity index (χ4v) is 3.16. The Bertz CT molecular complexity index is 928. The second-order valence-corrected chi connectivity index (χ2v) is 7.46. The van der Waals surface area contributed by atoms with Gasteiger partial charge in [0.2, 0.25) is 15.9 Å². The molecule has 2 rings (SSSR count). The number of amides is 1. The maximum atomic E-state index is 12.3. The van der Waals surface area contributed by atoms with Gasteiger partial charge in [-0.3, -0.25) is 19.2 Å². The third-order valence-corrected chi connectivity index (χ3v) is 4.60. The highest BCUT2D eigenvalue weighted by atomic mass is 32.2. The standard InChI is InChI=1S/C17H19N3O6S/c1-3-26-16-9-7-14(8-10-16)19(27(2,24)25)12-17(21)18-13-5-4-6-15(11-13)20(22)23/h4-11H,3,12H2,1-2H3,(H,18,21). The van der Waals surface area contributed by atoms with Gasteiger partial charge in [0, 0.05) is 17.8 Å². The Morgan fingerprint density at radius 3 is 2.44 bits per heavy atom. The van der Waals surface area contributed by atoms with Gasteiger partial charge in [-0.05, 0) is 37.3 Å². The Labute approximate surface area is 156 Å². The van der Waals surface area contributed by atoms with Gasteiger partial charge in [-0.2, -0.15) is 0 Å². The van der Waals surface area contributed by atoms with Crippen LogP contribution in [0, 0.1) is 10.1 Å².